The first-order chi connectivity index (χ1) is 29.4. The minimum Gasteiger partial charge on any atom is -0.462 e. The maximum Gasteiger partial charge on any atom is 0.306 e. The van der Waals surface area contributed by atoms with Crippen molar-refractivity contribution in [2.75, 3.05) is 52.5 Å². The molecule has 60 heavy (non-hydrogen) atoms. The molecule has 0 aliphatic carbocycles. The third kappa shape index (κ3) is 40.8. The Morgan fingerprint density at radius 3 is 0.900 bits per heavy atom. The number of carbonyl (C=O) groups excluding carboxylic acids is 2. The number of esters is 2. The van der Waals surface area contributed by atoms with E-state index in [4.69, 9.17) is 9.47 Å². The molecule has 8 nitrogen and oxygen atoms in total. The molecule has 0 rings (SSSR count). The zero-order valence-electron chi connectivity index (χ0n) is 40.7. The Labute approximate surface area is 373 Å². The second-order valence-electron chi connectivity index (χ2n) is 18.2. The van der Waals surface area contributed by atoms with Gasteiger partial charge in [0.2, 0.25) is 0 Å². The Balaban J connectivity index is 4.56. The van der Waals surface area contributed by atoms with Crippen LogP contribution in [0.15, 0.2) is 0 Å². The molecular weight excluding hydrogens is 749 g/mol. The average Bonchev–Trinajstić information content (AvgIpc) is 3.24. The topological polar surface area (TPSA) is 99.5 Å². The van der Waals surface area contributed by atoms with Crippen LogP contribution in [0, 0.1) is 0 Å². The van der Waals surface area contributed by atoms with E-state index in [2.05, 4.69) is 37.5 Å². The summed E-state index contributed by atoms with van der Waals surface area (Å²) in [6, 6.07) is 0. The fourth-order valence-corrected chi connectivity index (χ4v) is 8.42. The first-order valence-electron chi connectivity index (χ1n) is 26.5. The number of carbonyl (C=O) groups is 2. The highest BCUT2D eigenvalue weighted by atomic mass is 16.5. The summed E-state index contributed by atoms with van der Waals surface area (Å²) in [5, 5.41) is 19.5. The predicted octanol–water partition coefficient (Wildman–Crippen LogP) is 13.5. The zero-order chi connectivity index (χ0) is 44.0. The lowest BCUT2D eigenvalue weighted by atomic mass is 10.0. The summed E-state index contributed by atoms with van der Waals surface area (Å²) in [5.74, 6) is -0.0613. The van der Waals surface area contributed by atoms with Gasteiger partial charge in [-0.3, -0.25) is 19.4 Å². The quantitative estimate of drug-likeness (QED) is 0.0461. The van der Waals surface area contributed by atoms with E-state index in [1.807, 2.05) is 0 Å². The van der Waals surface area contributed by atoms with Gasteiger partial charge in [-0.2, -0.15) is 0 Å². The number of ether oxygens (including phenoxy) is 2. The van der Waals surface area contributed by atoms with Crippen molar-refractivity contribution in [3.8, 4) is 0 Å². The van der Waals surface area contributed by atoms with Gasteiger partial charge in [-0.05, 0) is 90.1 Å². The van der Waals surface area contributed by atoms with Gasteiger partial charge < -0.3 is 19.7 Å². The van der Waals surface area contributed by atoms with Crippen molar-refractivity contribution < 1.29 is 29.3 Å². The van der Waals surface area contributed by atoms with Gasteiger partial charge in [0.1, 0.15) is 12.2 Å². The number of rotatable bonds is 49. The van der Waals surface area contributed by atoms with Gasteiger partial charge in [0, 0.05) is 39.0 Å². The normalized spacial score (nSPS) is 11.8. The van der Waals surface area contributed by atoms with Gasteiger partial charge in [0.05, 0.1) is 13.2 Å². The summed E-state index contributed by atoms with van der Waals surface area (Å²) in [7, 11) is 0. The summed E-state index contributed by atoms with van der Waals surface area (Å²) in [5.41, 5.74) is 0. The third-order valence-electron chi connectivity index (χ3n) is 12.4. The van der Waals surface area contributed by atoms with Crippen LogP contribution in [0.25, 0.3) is 0 Å². The van der Waals surface area contributed by atoms with Crippen LogP contribution in [-0.2, 0) is 19.1 Å². The van der Waals surface area contributed by atoms with Crippen molar-refractivity contribution >= 4 is 11.9 Å². The van der Waals surface area contributed by atoms with Gasteiger partial charge in [0.15, 0.2) is 0 Å². The molecule has 0 atom stereocenters. The molecule has 0 bridgehead atoms. The molecule has 0 amide bonds. The lowest BCUT2D eigenvalue weighted by molar-refractivity contribution is -0.151. The molecule has 0 heterocycles. The molecule has 0 aromatic rings. The van der Waals surface area contributed by atoms with Crippen LogP contribution in [0.5, 0.6) is 0 Å². The van der Waals surface area contributed by atoms with Gasteiger partial charge in [-0.25, -0.2) is 0 Å². The zero-order valence-corrected chi connectivity index (χ0v) is 40.7. The van der Waals surface area contributed by atoms with Crippen molar-refractivity contribution in [3.63, 3.8) is 0 Å². The molecule has 358 valence electrons. The third-order valence-corrected chi connectivity index (χ3v) is 12.4. The van der Waals surface area contributed by atoms with Crippen molar-refractivity contribution in [2.45, 2.75) is 271 Å². The molecule has 0 unspecified atom stereocenters. The monoisotopic (exact) mass is 853 g/mol. The number of hydrogen-bond donors (Lipinski definition) is 2. The van der Waals surface area contributed by atoms with Crippen LogP contribution < -0.4 is 0 Å². The molecule has 0 aliphatic heterocycles. The Hall–Kier alpha value is -1.22. The van der Waals surface area contributed by atoms with Gasteiger partial charge in [-0.1, -0.05) is 169 Å². The molecule has 0 fully saturated rings. The van der Waals surface area contributed by atoms with E-state index < -0.39 is 0 Å². The lowest BCUT2D eigenvalue weighted by Crippen LogP contribution is -2.38. The summed E-state index contributed by atoms with van der Waals surface area (Å²) < 4.78 is 12.1. The summed E-state index contributed by atoms with van der Waals surface area (Å²) >= 11 is 0. The van der Waals surface area contributed by atoms with Crippen molar-refractivity contribution in [1.29, 1.82) is 0 Å². The molecule has 0 radical (unpaired) electrons. The minimum absolute atomic E-state index is 0.0306. The minimum atomic E-state index is -0.0306. The Kier molecular flexibility index (Phi) is 46.3. The maximum absolute atomic E-state index is 12.9. The Morgan fingerprint density at radius 2 is 0.617 bits per heavy atom. The van der Waals surface area contributed by atoms with Gasteiger partial charge in [0.25, 0.3) is 0 Å². The van der Waals surface area contributed by atoms with Crippen molar-refractivity contribution in [1.82, 2.24) is 9.80 Å². The number of nitrogens with zero attached hydrogens (tertiary/aromatic N) is 2. The Morgan fingerprint density at radius 1 is 0.350 bits per heavy atom. The first kappa shape index (κ1) is 58.8. The van der Waals surface area contributed by atoms with Crippen LogP contribution in [0.4, 0.5) is 0 Å². The van der Waals surface area contributed by atoms with Crippen molar-refractivity contribution in [3.05, 3.63) is 0 Å². The summed E-state index contributed by atoms with van der Waals surface area (Å²) in [4.78, 5) is 30.3. The van der Waals surface area contributed by atoms with Crippen LogP contribution in [0.3, 0.4) is 0 Å². The standard InChI is InChI=1S/C52H104N2O6/c1-5-9-13-17-21-27-35-49(36-28-22-18-14-10-6-2)59-51(57)39-31-25-33-41-53(45-47-55)43-44-54(46-48-56)42-34-26-32-40-52(58)60-50(37-29-23-19-15-11-7-3)38-30-24-20-16-12-8-4/h49-50,55-56H,5-48H2,1-4H3. The molecule has 0 aromatic heterocycles. The summed E-state index contributed by atoms with van der Waals surface area (Å²) in [6.07, 6.45) is 41.1. The molecule has 0 spiro atoms. The SMILES string of the molecule is CCCCCCCCC(CCCCCCCC)OC(=O)CCCCCN(CCO)CCN(CCO)CCCCCC(=O)OC(CCCCCCCC)CCCCCCCC. The number of hydrogen-bond acceptors (Lipinski definition) is 8. The highest BCUT2D eigenvalue weighted by molar-refractivity contribution is 5.69. The van der Waals surface area contributed by atoms with Gasteiger partial charge in [-0.15, -0.1) is 0 Å². The fraction of sp³-hybridized carbons (Fsp3) is 0.962. The number of unbranched alkanes of at least 4 members (excludes halogenated alkanes) is 24. The van der Waals surface area contributed by atoms with E-state index in [1.54, 1.807) is 0 Å². The average molecular weight is 853 g/mol. The summed E-state index contributed by atoms with van der Waals surface area (Å²) in [6.45, 7) is 14.0. The maximum atomic E-state index is 12.9. The molecule has 0 saturated carbocycles. The molecule has 8 heteroatoms. The molecule has 0 saturated heterocycles. The van der Waals surface area contributed by atoms with Crippen LogP contribution >= 0.6 is 0 Å². The number of aliphatic hydroxyl groups is 2. The van der Waals surface area contributed by atoms with E-state index in [1.165, 1.54) is 128 Å². The Bertz CT molecular complexity index is 789. The van der Waals surface area contributed by atoms with E-state index in [-0.39, 0.29) is 37.4 Å². The van der Waals surface area contributed by atoms with Gasteiger partial charge >= 0.3 is 11.9 Å². The van der Waals surface area contributed by atoms with Crippen LogP contribution in [-0.4, -0.2) is 96.6 Å². The second-order valence-corrected chi connectivity index (χ2v) is 18.2. The molecule has 2 N–H and O–H groups in total. The highest BCUT2D eigenvalue weighted by Gasteiger charge is 2.16. The lowest BCUT2D eigenvalue weighted by Gasteiger charge is -2.27. The van der Waals surface area contributed by atoms with E-state index >= 15 is 0 Å². The van der Waals surface area contributed by atoms with E-state index in [0.717, 1.165) is 116 Å². The largest absolute Gasteiger partial charge is 0.462 e. The molecule has 0 aliphatic rings. The highest BCUT2D eigenvalue weighted by Crippen LogP contribution is 2.20. The van der Waals surface area contributed by atoms with E-state index in [9.17, 15) is 19.8 Å². The van der Waals surface area contributed by atoms with Crippen molar-refractivity contribution in [2.24, 2.45) is 0 Å². The van der Waals surface area contributed by atoms with Crippen LogP contribution in [0.1, 0.15) is 259 Å². The van der Waals surface area contributed by atoms with Crippen LogP contribution in [0.2, 0.25) is 0 Å². The second kappa shape index (κ2) is 47.3. The number of aliphatic hydroxyl groups excluding tert-OH is 2. The molecule has 0 aromatic carbocycles. The molecular formula is C52H104N2O6. The van der Waals surface area contributed by atoms with E-state index in [0.29, 0.717) is 25.9 Å². The predicted molar refractivity (Wildman–Crippen MR) is 256 cm³/mol. The first-order valence-corrected chi connectivity index (χ1v) is 26.5. The smallest absolute Gasteiger partial charge is 0.306 e. The fourth-order valence-electron chi connectivity index (χ4n) is 8.42.